The molecule has 0 bridgehead atoms. The van der Waals surface area contributed by atoms with Gasteiger partial charge in [-0.3, -0.25) is 9.78 Å². The number of pyridine rings is 1. The fourth-order valence-electron chi connectivity index (χ4n) is 2.49. The highest BCUT2D eigenvalue weighted by atomic mass is 16.4. The van der Waals surface area contributed by atoms with E-state index in [-0.39, 0.29) is 23.1 Å². The molecule has 1 heterocycles. The van der Waals surface area contributed by atoms with E-state index in [9.17, 15) is 14.7 Å². The third kappa shape index (κ3) is 3.71. The first kappa shape index (κ1) is 16.0. The molecule has 1 fully saturated rings. The Hall–Kier alpha value is -2.89. The summed E-state index contributed by atoms with van der Waals surface area (Å²) in [5.41, 5.74) is 1.98. The predicted molar refractivity (Wildman–Crippen MR) is 90.2 cm³/mol. The number of nitrogens with zero attached hydrogens (tertiary/aromatic N) is 2. The highest BCUT2D eigenvalue weighted by Gasteiger charge is 2.26. The van der Waals surface area contributed by atoms with Gasteiger partial charge in [-0.05, 0) is 42.7 Å². The maximum Gasteiger partial charge on any atom is 0.336 e. The Morgan fingerprint density at radius 3 is 2.71 bits per heavy atom. The Morgan fingerprint density at radius 2 is 2.08 bits per heavy atom. The van der Waals surface area contributed by atoms with Crippen LogP contribution in [0.5, 0.6) is 0 Å². The van der Waals surface area contributed by atoms with Crippen molar-refractivity contribution >= 4 is 17.6 Å². The van der Waals surface area contributed by atoms with Crippen molar-refractivity contribution in [2.24, 2.45) is 0 Å². The maximum absolute atomic E-state index is 12.2. The van der Waals surface area contributed by atoms with Gasteiger partial charge in [-0.1, -0.05) is 6.07 Å². The van der Waals surface area contributed by atoms with Gasteiger partial charge < -0.3 is 15.3 Å². The summed E-state index contributed by atoms with van der Waals surface area (Å²) < 4.78 is 0. The number of nitrogens with one attached hydrogen (secondary N) is 1. The number of aromatic carboxylic acids is 1. The topological polar surface area (TPSA) is 82.5 Å². The lowest BCUT2D eigenvalue weighted by Gasteiger charge is -2.20. The van der Waals surface area contributed by atoms with Gasteiger partial charge >= 0.3 is 5.97 Å². The molecule has 1 amide bonds. The van der Waals surface area contributed by atoms with Crippen LogP contribution in [-0.4, -0.2) is 35.1 Å². The summed E-state index contributed by atoms with van der Waals surface area (Å²) in [5, 5.41) is 12.3. The smallest absolute Gasteiger partial charge is 0.336 e. The molecule has 2 N–H and O–H groups in total. The Morgan fingerprint density at radius 1 is 1.29 bits per heavy atom. The molecule has 0 spiro atoms. The van der Waals surface area contributed by atoms with Crippen LogP contribution in [-0.2, 0) is 6.54 Å². The molecular formula is C18H19N3O3. The molecule has 0 atom stereocenters. The Bertz CT molecular complexity index is 757. The van der Waals surface area contributed by atoms with Crippen molar-refractivity contribution < 1.29 is 14.7 Å². The number of aromatic nitrogens is 1. The van der Waals surface area contributed by atoms with Gasteiger partial charge in [-0.15, -0.1) is 0 Å². The molecule has 3 rings (SSSR count). The number of rotatable bonds is 6. The second kappa shape index (κ2) is 6.70. The van der Waals surface area contributed by atoms with Crippen LogP contribution in [0.4, 0.5) is 5.69 Å². The largest absolute Gasteiger partial charge is 0.478 e. The number of carbonyl (C=O) groups excluding carboxylic acids is 1. The molecule has 6 heteroatoms. The molecule has 1 aromatic carbocycles. The fraction of sp³-hybridized carbons (Fsp3) is 0.278. The lowest BCUT2D eigenvalue weighted by molar-refractivity contribution is 0.0691. The number of benzene rings is 1. The van der Waals surface area contributed by atoms with Crippen molar-refractivity contribution in [1.82, 2.24) is 10.3 Å². The third-order valence-electron chi connectivity index (χ3n) is 3.97. The molecule has 1 aliphatic carbocycles. The minimum absolute atomic E-state index is 0.0173. The number of carbonyl (C=O) groups is 2. The predicted octanol–water partition coefficient (Wildman–Crippen LogP) is 2.31. The van der Waals surface area contributed by atoms with E-state index in [1.54, 1.807) is 30.6 Å². The van der Waals surface area contributed by atoms with E-state index in [0.717, 1.165) is 24.1 Å². The van der Waals surface area contributed by atoms with E-state index in [4.69, 9.17) is 0 Å². The number of hydrogen-bond acceptors (Lipinski definition) is 4. The molecule has 0 aliphatic heterocycles. The number of hydrogen-bond donors (Lipinski definition) is 2. The van der Waals surface area contributed by atoms with E-state index in [2.05, 4.69) is 10.3 Å². The summed E-state index contributed by atoms with van der Waals surface area (Å²) in [6.45, 7) is 0.598. The Balaban J connectivity index is 1.82. The minimum atomic E-state index is -1.10. The van der Waals surface area contributed by atoms with Crippen molar-refractivity contribution in [3.8, 4) is 0 Å². The monoisotopic (exact) mass is 325 g/mol. The second-order valence-electron chi connectivity index (χ2n) is 6.00. The molecule has 1 aromatic heterocycles. The van der Waals surface area contributed by atoms with Gasteiger partial charge in [0.1, 0.15) is 0 Å². The maximum atomic E-state index is 12.2. The van der Waals surface area contributed by atoms with Crippen LogP contribution in [0, 0.1) is 0 Å². The zero-order valence-electron chi connectivity index (χ0n) is 13.4. The highest BCUT2D eigenvalue weighted by Crippen LogP contribution is 2.23. The van der Waals surface area contributed by atoms with Crippen molar-refractivity contribution in [3.63, 3.8) is 0 Å². The minimum Gasteiger partial charge on any atom is -0.478 e. The van der Waals surface area contributed by atoms with Crippen molar-refractivity contribution in [2.45, 2.75) is 25.4 Å². The van der Waals surface area contributed by atoms with Gasteiger partial charge in [0.2, 0.25) is 0 Å². The van der Waals surface area contributed by atoms with Crippen molar-refractivity contribution in [3.05, 3.63) is 59.4 Å². The highest BCUT2D eigenvalue weighted by molar-refractivity contribution is 6.05. The molecule has 6 nitrogen and oxygen atoms in total. The van der Waals surface area contributed by atoms with E-state index in [1.165, 1.54) is 0 Å². The van der Waals surface area contributed by atoms with Crippen LogP contribution >= 0.6 is 0 Å². The van der Waals surface area contributed by atoms with Gasteiger partial charge in [-0.25, -0.2) is 4.79 Å². The zero-order valence-corrected chi connectivity index (χ0v) is 13.4. The molecule has 124 valence electrons. The normalized spacial score (nSPS) is 13.4. The first-order valence-corrected chi connectivity index (χ1v) is 7.83. The van der Waals surface area contributed by atoms with Crippen LogP contribution in [0.3, 0.4) is 0 Å². The van der Waals surface area contributed by atoms with Crippen LogP contribution in [0.2, 0.25) is 0 Å². The summed E-state index contributed by atoms with van der Waals surface area (Å²) in [6.07, 6.45) is 5.39. The van der Waals surface area contributed by atoms with Gasteiger partial charge in [0, 0.05) is 37.7 Å². The second-order valence-corrected chi connectivity index (χ2v) is 6.00. The summed E-state index contributed by atoms with van der Waals surface area (Å²) in [4.78, 5) is 29.7. The molecule has 1 aliphatic rings. The molecule has 0 radical (unpaired) electrons. The number of carboxylic acid groups (broad SMARTS) is 1. The van der Waals surface area contributed by atoms with Gasteiger partial charge in [-0.2, -0.15) is 0 Å². The summed E-state index contributed by atoms with van der Waals surface area (Å²) in [7, 11) is 1.87. The van der Waals surface area contributed by atoms with Crippen LogP contribution in [0.1, 0.15) is 39.1 Å². The number of carboxylic acids is 1. The summed E-state index contributed by atoms with van der Waals surface area (Å²) >= 11 is 0. The number of amides is 1. The van der Waals surface area contributed by atoms with E-state index >= 15 is 0 Å². The Labute approximate surface area is 140 Å². The molecule has 1 saturated carbocycles. The Kier molecular flexibility index (Phi) is 4.46. The standard InChI is InChI=1S/C18H19N3O3/c1-21(11-12-3-2-8-19-10-12)14-6-7-15(16(9-14)18(23)24)17(22)20-13-4-5-13/h2-3,6-10,13H,4-5,11H2,1H3,(H,20,22)(H,23,24). The van der Waals surface area contributed by atoms with Crippen LogP contribution in [0.15, 0.2) is 42.7 Å². The van der Waals surface area contributed by atoms with Crippen LogP contribution < -0.4 is 10.2 Å². The molecule has 0 saturated heterocycles. The van der Waals surface area contributed by atoms with E-state index < -0.39 is 5.97 Å². The van der Waals surface area contributed by atoms with Gasteiger partial charge in [0.05, 0.1) is 11.1 Å². The fourth-order valence-corrected chi connectivity index (χ4v) is 2.49. The van der Waals surface area contributed by atoms with Crippen molar-refractivity contribution in [2.75, 3.05) is 11.9 Å². The van der Waals surface area contributed by atoms with Crippen LogP contribution in [0.25, 0.3) is 0 Å². The number of anilines is 1. The van der Waals surface area contributed by atoms with Crippen molar-refractivity contribution in [1.29, 1.82) is 0 Å². The average Bonchev–Trinajstić information content (AvgIpc) is 3.39. The first-order valence-electron chi connectivity index (χ1n) is 7.83. The first-order chi connectivity index (χ1) is 11.5. The third-order valence-corrected chi connectivity index (χ3v) is 3.97. The molecular weight excluding hydrogens is 306 g/mol. The van der Waals surface area contributed by atoms with Gasteiger partial charge in [0.25, 0.3) is 5.91 Å². The summed E-state index contributed by atoms with van der Waals surface area (Å²) in [5.74, 6) is -1.43. The molecule has 2 aromatic rings. The lowest BCUT2D eigenvalue weighted by Crippen LogP contribution is -2.27. The average molecular weight is 325 g/mol. The molecule has 24 heavy (non-hydrogen) atoms. The van der Waals surface area contributed by atoms with E-state index in [0.29, 0.717) is 6.54 Å². The zero-order chi connectivity index (χ0) is 17.1. The quantitative estimate of drug-likeness (QED) is 0.851. The SMILES string of the molecule is CN(Cc1cccnc1)c1ccc(C(=O)NC2CC2)c(C(=O)O)c1. The van der Waals surface area contributed by atoms with E-state index in [1.807, 2.05) is 24.1 Å². The summed E-state index contributed by atoms with van der Waals surface area (Å²) in [6, 6.07) is 8.89. The molecule has 0 unspecified atom stereocenters. The lowest BCUT2D eigenvalue weighted by atomic mass is 10.0. The van der Waals surface area contributed by atoms with Gasteiger partial charge in [0.15, 0.2) is 0 Å².